The third kappa shape index (κ3) is 3.07. The van der Waals surface area contributed by atoms with E-state index in [9.17, 15) is 9.59 Å². The van der Waals surface area contributed by atoms with Crippen molar-refractivity contribution in [2.75, 3.05) is 11.9 Å². The third-order valence-corrected chi connectivity index (χ3v) is 3.00. The third-order valence-electron chi connectivity index (χ3n) is 3.00. The van der Waals surface area contributed by atoms with Gasteiger partial charge in [-0.3, -0.25) is 4.79 Å². The van der Waals surface area contributed by atoms with Crippen LogP contribution < -0.4 is 10.6 Å². The predicted molar refractivity (Wildman–Crippen MR) is 67.7 cm³/mol. The number of carbonyl (C=O) groups is 2. The number of carbonyl (C=O) groups excluding carboxylic acids is 1. The Kier molecular flexibility index (Phi) is 3.94. The molecule has 2 rings (SSSR count). The second kappa shape index (κ2) is 5.64. The molecule has 1 heterocycles. The molecule has 1 aromatic carbocycles. The van der Waals surface area contributed by atoms with Crippen LogP contribution in [0.3, 0.4) is 0 Å². The quantitative estimate of drug-likeness (QED) is 0.756. The molecule has 1 unspecified atom stereocenters. The van der Waals surface area contributed by atoms with Crippen LogP contribution in [-0.2, 0) is 4.79 Å². The minimum atomic E-state index is -0.998. The van der Waals surface area contributed by atoms with Crippen molar-refractivity contribution < 1.29 is 14.7 Å². The van der Waals surface area contributed by atoms with Crippen molar-refractivity contribution in [3.05, 3.63) is 29.8 Å². The summed E-state index contributed by atoms with van der Waals surface area (Å²) < 4.78 is 0. The van der Waals surface area contributed by atoms with Gasteiger partial charge >= 0.3 is 5.97 Å². The number of carboxylic acids is 1. The van der Waals surface area contributed by atoms with E-state index in [4.69, 9.17) is 5.11 Å². The van der Waals surface area contributed by atoms with Gasteiger partial charge in [0, 0.05) is 5.69 Å². The zero-order chi connectivity index (χ0) is 13.0. The highest BCUT2D eigenvalue weighted by Crippen LogP contribution is 2.13. The summed E-state index contributed by atoms with van der Waals surface area (Å²) in [6.07, 6.45) is 2.96. The maximum atomic E-state index is 11.9. The fourth-order valence-corrected chi connectivity index (χ4v) is 2.03. The predicted octanol–water partition coefficient (Wildman–Crippen LogP) is 1.47. The highest BCUT2D eigenvalue weighted by Gasteiger charge is 2.20. The van der Waals surface area contributed by atoms with E-state index in [0.29, 0.717) is 5.69 Å². The van der Waals surface area contributed by atoms with Gasteiger partial charge in [-0.05, 0) is 37.6 Å². The number of rotatable bonds is 3. The summed E-state index contributed by atoms with van der Waals surface area (Å²) in [6.45, 7) is 0.854. The van der Waals surface area contributed by atoms with Crippen LogP contribution in [0.4, 0.5) is 5.69 Å². The molecule has 1 atom stereocenters. The van der Waals surface area contributed by atoms with Crippen molar-refractivity contribution in [3.63, 3.8) is 0 Å². The Morgan fingerprint density at radius 1 is 1.33 bits per heavy atom. The number of carboxylic acid groups (broad SMARTS) is 1. The molecule has 5 nitrogen and oxygen atoms in total. The summed E-state index contributed by atoms with van der Waals surface area (Å²) in [5.41, 5.74) is 0.691. The fourth-order valence-electron chi connectivity index (χ4n) is 2.03. The average Bonchev–Trinajstić information content (AvgIpc) is 2.40. The highest BCUT2D eigenvalue weighted by atomic mass is 16.4. The normalized spacial score (nSPS) is 19.2. The lowest BCUT2D eigenvalue weighted by atomic mass is 10.0. The summed E-state index contributed by atoms with van der Waals surface area (Å²) in [6, 6.07) is 6.09. The van der Waals surface area contributed by atoms with Gasteiger partial charge in [0.15, 0.2) is 0 Å². The Hall–Kier alpha value is -1.88. The summed E-state index contributed by atoms with van der Waals surface area (Å²) in [5, 5.41) is 14.8. The van der Waals surface area contributed by atoms with Crippen LogP contribution in [0.15, 0.2) is 24.3 Å². The summed E-state index contributed by atoms with van der Waals surface area (Å²) in [5.74, 6) is -1.10. The maximum Gasteiger partial charge on any atom is 0.335 e. The SMILES string of the molecule is O=C(O)c1cccc(NC(=O)C2CCCCN2)c1. The maximum absolute atomic E-state index is 11.9. The molecule has 1 aliphatic rings. The number of nitrogens with one attached hydrogen (secondary N) is 2. The van der Waals surface area contributed by atoms with E-state index < -0.39 is 5.97 Å². The monoisotopic (exact) mass is 248 g/mol. The van der Waals surface area contributed by atoms with E-state index in [2.05, 4.69) is 10.6 Å². The molecule has 3 N–H and O–H groups in total. The fraction of sp³-hybridized carbons (Fsp3) is 0.385. The number of hydrogen-bond acceptors (Lipinski definition) is 3. The molecule has 96 valence electrons. The Morgan fingerprint density at radius 2 is 2.17 bits per heavy atom. The van der Waals surface area contributed by atoms with Crippen molar-refractivity contribution in [2.24, 2.45) is 0 Å². The van der Waals surface area contributed by atoms with Crippen molar-refractivity contribution in [3.8, 4) is 0 Å². The standard InChI is InChI=1S/C13H16N2O3/c16-12(11-6-1-2-7-14-11)15-10-5-3-4-9(8-10)13(17)18/h3-5,8,11,14H,1-2,6-7H2,(H,15,16)(H,17,18). The van der Waals surface area contributed by atoms with Crippen molar-refractivity contribution in [2.45, 2.75) is 25.3 Å². The molecule has 1 saturated heterocycles. The number of amides is 1. The van der Waals surface area contributed by atoms with Gasteiger partial charge in [0.2, 0.25) is 5.91 Å². The van der Waals surface area contributed by atoms with E-state index in [1.807, 2.05) is 0 Å². The van der Waals surface area contributed by atoms with Crippen molar-refractivity contribution >= 4 is 17.6 Å². The van der Waals surface area contributed by atoms with Gasteiger partial charge in [0.25, 0.3) is 0 Å². The molecule has 1 aromatic rings. The number of aromatic carboxylic acids is 1. The average molecular weight is 248 g/mol. The topological polar surface area (TPSA) is 78.4 Å². The molecule has 1 amide bonds. The van der Waals surface area contributed by atoms with Crippen LogP contribution in [-0.4, -0.2) is 29.6 Å². The molecular weight excluding hydrogens is 232 g/mol. The van der Waals surface area contributed by atoms with E-state index in [-0.39, 0.29) is 17.5 Å². The summed E-state index contributed by atoms with van der Waals surface area (Å²) in [7, 11) is 0. The van der Waals surface area contributed by atoms with Crippen LogP contribution >= 0.6 is 0 Å². The minimum Gasteiger partial charge on any atom is -0.478 e. The Labute approximate surface area is 105 Å². The molecule has 0 aromatic heterocycles. The molecule has 0 bridgehead atoms. The van der Waals surface area contributed by atoms with Gasteiger partial charge in [0.05, 0.1) is 11.6 Å². The highest BCUT2D eigenvalue weighted by molar-refractivity contribution is 5.96. The molecular formula is C13H16N2O3. The number of anilines is 1. The molecule has 0 aliphatic carbocycles. The zero-order valence-corrected chi connectivity index (χ0v) is 9.98. The second-order valence-corrected chi connectivity index (χ2v) is 4.38. The van der Waals surface area contributed by atoms with Crippen LogP contribution in [0.2, 0.25) is 0 Å². The molecule has 5 heteroatoms. The number of piperidine rings is 1. The van der Waals surface area contributed by atoms with E-state index >= 15 is 0 Å². The first-order valence-electron chi connectivity index (χ1n) is 6.04. The van der Waals surface area contributed by atoms with Gasteiger partial charge in [0.1, 0.15) is 0 Å². The number of benzene rings is 1. The minimum absolute atomic E-state index is 0.0998. The molecule has 18 heavy (non-hydrogen) atoms. The van der Waals surface area contributed by atoms with Crippen molar-refractivity contribution in [1.29, 1.82) is 0 Å². The van der Waals surface area contributed by atoms with Gasteiger partial charge in [-0.2, -0.15) is 0 Å². The lowest BCUT2D eigenvalue weighted by Gasteiger charge is -2.22. The molecule has 0 radical (unpaired) electrons. The first-order chi connectivity index (χ1) is 8.66. The van der Waals surface area contributed by atoms with Crippen molar-refractivity contribution in [1.82, 2.24) is 5.32 Å². The lowest BCUT2D eigenvalue weighted by molar-refractivity contribution is -0.118. The molecule has 0 saturated carbocycles. The van der Waals surface area contributed by atoms with Gasteiger partial charge in [-0.15, -0.1) is 0 Å². The lowest BCUT2D eigenvalue weighted by Crippen LogP contribution is -2.43. The van der Waals surface area contributed by atoms with Gasteiger partial charge < -0.3 is 15.7 Å². The molecule has 0 spiro atoms. The van der Waals surface area contributed by atoms with Gasteiger partial charge in [-0.25, -0.2) is 4.79 Å². The van der Waals surface area contributed by atoms with Gasteiger partial charge in [-0.1, -0.05) is 12.5 Å². The number of hydrogen-bond donors (Lipinski definition) is 3. The smallest absolute Gasteiger partial charge is 0.335 e. The van der Waals surface area contributed by atoms with Crippen LogP contribution in [0.1, 0.15) is 29.6 Å². The van der Waals surface area contributed by atoms with E-state index in [0.717, 1.165) is 25.8 Å². The zero-order valence-electron chi connectivity index (χ0n) is 9.98. The molecule has 1 aliphatic heterocycles. The van der Waals surface area contributed by atoms with E-state index in [1.165, 1.54) is 12.1 Å². The largest absolute Gasteiger partial charge is 0.478 e. The Balaban J connectivity index is 2.02. The van der Waals surface area contributed by atoms with Crippen LogP contribution in [0, 0.1) is 0 Å². The molecule has 1 fully saturated rings. The first-order valence-corrected chi connectivity index (χ1v) is 6.04. The Bertz CT molecular complexity index is 453. The van der Waals surface area contributed by atoms with Crippen LogP contribution in [0.25, 0.3) is 0 Å². The second-order valence-electron chi connectivity index (χ2n) is 4.38. The van der Waals surface area contributed by atoms with Crippen LogP contribution in [0.5, 0.6) is 0 Å². The summed E-state index contributed by atoms with van der Waals surface area (Å²) >= 11 is 0. The Morgan fingerprint density at radius 3 is 2.83 bits per heavy atom. The van der Waals surface area contributed by atoms with E-state index in [1.54, 1.807) is 12.1 Å². The first kappa shape index (κ1) is 12.6. The summed E-state index contributed by atoms with van der Waals surface area (Å²) in [4.78, 5) is 22.7.